The predicted molar refractivity (Wildman–Crippen MR) is 135 cm³/mol. The fraction of sp³-hybridized carbons (Fsp3) is 0.115. The molecule has 9 heteroatoms. The number of nitrogens with one attached hydrogen (secondary N) is 2. The van der Waals surface area contributed by atoms with E-state index in [9.17, 15) is 13.2 Å². The third-order valence-corrected chi connectivity index (χ3v) is 6.89. The highest BCUT2D eigenvalue weighted by Crippen LogP contribution is 2.30. The van der Waals surface area contributed by atoms with Gasteiger partial charge in [-0.2, -0.15) is 0 Å². The highest BCUT2D eigenvalue weighted by atomic mass is 32.2. The molecule has 0 aliphatic heterocycles. The van der Waals surface area contributed by atoms with Crippen LogP contribution in [0.4, 0.5) is 11.6 Å². The van der Waals surface area contributed by atoms with E-state index in [0.29, 0.717) is 17.1 Å². The third-order valence-electron chi connectivity index (χ3n) is 5.55. The Labute approximate surface area is 202 Å². The minimum absolute atomic E-state index is 0.0136. The summed E-state index contributed by atoms with van der Waals surface area (Å²) in [4.78, 5) is 21.0. The summed E-state index contributed by atoms with van der Waals surface area (Å²) in [6.45, 7) is 3.53. The van der Waals surface area contributed by atoms with E-state index in [2.05, 4.69) is 20.0 Å². The standard InChI is InChI=1S/C26H22N4O4S/c1-16-13-17(2)28-26(27-16)30-35(32,33)21-10-8-20(9-11-21)29-24(31)14-19-15-34-23-12-7-18-5-3-4-6-22(18)25(19)23/h3-13,15H,14H2,1-2H3,(H,29,31)(H,27,28,30). The van der Waals surface area contributed by atoms with E-state index in [1.165, 1.54) is 24.3 Å². The van der Waals surface area contributed by atoms with Crippen LogP contribution in [-0.4, -0.2) is 24.3 Å². The Morgan fingerprint density at radius 3 is 2.40 bits per heavy atom. The molecule has 0 fully saturated rings. The number of hydrogen-bond donors (Lipinski definition) is 2. The van der Waals surface area contributed by atoms with E-state index in [1.54, 1.807) is 26.2 Å². The van der Waals surface area contributed by atoms with Gasteiger partial charge in [0.05, 0.1) is 17.6 Å². The molecule has 0 bridgehead atoms. The van der Waals surface area contributed by atoms with Crippen LogP contribution in [0.1, 0.15) is 17.0 Å². The Balaban J connectivity index is 1.31. The Morgan fingerprint density at radius 2 is 1.66 bits per heavy atom. The lowest BCUT2D eigenvalue weighted by Crippen LogP contribution is -2.16. The molecular formula is C26H22N4O4S. The maximum Gasteiger partial charge on any atom is 0.264 e. The molecular weight excluding hydrogens is 464 g/mol. The monoisotopic (exact) mass is 486 g/mol. The average Bonchev–Trinajstić information content (AvgIpc) is 3.21. The number of aryl methyl sites for hydroxylation is 2. The number of benzene rings is 3. The maximum atomic E-state index is 12.7. The summed E-state index contributed by atoms with van der Waals surface area (Å²) in [7, 11) is -3.88. The molecule has 2 aromatic heterocycles. The number of hydrogen-bond acceptors (Lipinski definition) is 6. The van der Waals surface area contributed by atoms with Crippen molar-refractivity contribution in [3.8, 4) is 0 Å². The number of anilines is 2. The number of carbonyl (C=O) groups is 1. The number of sulfonamides is 1. The fourth-order valence-corrected chi connectivity index (χ4v) is 4.99. The molecule has 0 unspecified atom stereocenters. The van der Waals surface area contributed by atoms with Crippen molar-refractivity contribution in [1.29, 1.82) is 0 Å². The van der Waals surface area contributed by atoms with Crippen LogP contribution >= 0.6 is 0 Å². The van der Waals surface area contributed by atoms with E-state index >= 15 is 0 Å². The molecule has 0 aliphatic carbocycles. The minimum Gasteiger partial charge on any atom is -0.464 e. The number of aromatic nitrogens is 2. The summed E-state index contributed by atoms with van der Waals surface area (Å²) in [5.41, 5.74) is 3.31. The number of fused-ring (bicyclic) bond motifs is 3. The second-order valence-corrected chi connectivity index (χ2v) is 9.93. The SMILES string of the molecule is Cc1cc(C)nc(NS(=O)(=O)c2ccc(NC(=O)Cc3coc4ccc5ccccc5c34)cc2)n1. The summed E-state index contributed by atoms with van der Waals surface area (Å²) in [5.74, 6) is -0.224. The van der Waals surface area contributed by atoms with Gasteiger partial charge in [0.15, 0.2) is 0 Å². The van der Waals surface area contributed by atoms with Crippen molar-refractivity contribution >= 4 is 49.3 Å². The summed E-state index contributed by atoms with van der Waals surface area (Å²) in [6, 6.07) is 19.5. The summed E-state index contributed by atoms with van der Waals surface area (Å²) < 4.78 is 33.5. The topological polar surface area (TPSA) is 114 Å². The van der Waals surface area contributed by atoms with Gasteiger partial charge in [-0.3, -0.25) is 4.79 Å². The lowest BCUT2D eigenvalue weighted by Gasteiger charge is -2.09. The van der Waals surface area contributed by atoms with Gasteiger partial charge in [-0.25, -0.2) is 23.1 Å². The number of carbonyl (C=O) groups excluding carboxylic acids is 1. The zero-order valence-corrected chi connectivity index (χ0v) is 19.9. The van der Waals surface area contributed by atoms with Crippen LogP contribution in [0.25, 0.3) is 21.7 Å². The highest BCUT2D eigenvalue weighted by Gasteiger charge is 2.17. The Kier molecular flexibility index (Phi) is 5.70. The second-order valence-electron chi connectivity index (χ2n) is 8.25. The summed E-state index contributed by atoms with van der Waals surface area (Å²) >= 11 is 0. The molecule has 8 nitrogen and oxygen atoms in total. The summed E-state index contributed by atoms with van der Waals surface area (Å²) in [6.07, 6.45) is 1.72. The van der Waals surface area contributed by atoms with E-state index < -0.39 is 10.0 Å². The normalized spacial score (nSPS) is 11.6. The van der Waals surface area contributed by atoms with E-state index in [4.69, 9.17) is 4.42 Å². The number of nitrogens with zero attached hydrogens (tertiary/aromatic N) is 2. The zero-order chi connectivity index (χ0) is 24.6. The molecule has 0 aliphatic rings. The number of amides is 1. The van der Waals surface area contributed by atoms with Gasteiger partial charge in [0.1, 0.15) is 5.58 Å². The van der Waals surface area contributed by atoms with Crippen molar-refractivity contribution in [2.75, 3.05) is 10.0 Å². The highest BCUT2D eigenvalue weighted by molar-refractivity contribution is 7.92. The van der Waals surface area contributed by atoms with Crippen LogP contribution in [0.2, 0.25) is 0 Å². The van der Waals surface area contributed by atoms with Crippen LogP contribution in [0.3, 0.4) is 0 Å². The van der Waals surface area contributed by atoms with Crippen molar-refractivity contribution in [2.24, 2.45) is 0 Å². The molecule has 0 saturated heterocycles. The second kappa shape index (κ2) is 8.84. The van der Waals surface area contributed by atoms with Crippen molar-refractivity contribution < 1.29 is 17.6 Å². The van der Waals surface area contributed by atoms with Crippen LogP contribution in [-0.2, 0) is 21.2 Å². The van der Waals surface area contributed by atoms with Gasteiger partial charge in [-0.05, 0) is 61.0 Å². The molecule has 2 heterocycles. The van der Waals surface area contributed by atoms with Gasteiger partial charge < -0.3 is 9.73 Å². The molecule has 3 aromatic carbocycles. The average molecular weight is 487 g/mol. The van der Waals surface area contributed by atoms with Crippen LogP contribution in [0, 0.1) is 13.8 Å². The molecule has 0 spiro atoms. The van der Waals surface area contributed by atoms with Gasteiger partial charge in [0.25, 0.3) is 10.0 Å². The molecule has 176 valence electrons. The first-order chi connectivity index (χ1) is 16.8. The van der Waals surface area contributed by atoms with Gasteiger partial charge in [-0.15, -0.1) is 0 Å². The third kappa shape index (κ3) is 4.71. The van der Waals surface area contributed by atoms with Gasteiger partial charge in [0.2, 0.25) is 11.9 Å². The Bertz CT molecular complexity index is 1660. The van der Waals surface area contributed by atoms with Crippen LogP contribution < -0.4 is 10.0 Å². The molecule has 0 radical (unpaired) electrons. The summed E-state index contributed by atoms with van der Waals surface area (Å²) in [5, 5.41) is 5.83. The maximum absolute atomic E-state index is 12.7. The first-order valence-electron chi connectivity index (χ1n) is 10.9. The molecule has 35 heavy (non-hydrogen) atoms. The lowest BCUT2D eigenvalue weighted by molar-refractivity contribution is -0.115. The smallest absolute Gasteiger partial charge is 0.264 e. The van der Waals surface area contributed by atoms with Crippen molar-refractivity contribution in [3.63, 3.8) is 0 Å². The van der Waals surface area contributed by atoms with E-state index in [0.717, 1.165) is 27.3 Å². The van der Waals surface area contributed by atoms with Gasteiger partial charge in [0, 0.05) is 28.0 Å². The van der Waals surface area contributed by atoms with Gasteiger partial charge >= 0.3 is 0 Å². The molecule has 1 amide bonds. The first kappa shape index (κ1) is 22.5. The van der Waals surface area contributed by atoms with Crippen molar-refractivity contribution in [3.05, 3.63) is 89.9 Å². The first-order valence-corrected chi connectivity index (χ1v) is 12.4. The Hall–Kier alpha value is -4.24. The van der Waals surface area contributed by atoms with Crippen molar-refractivity contribution in [2.45, 2.75) is 25.2 Å². The molecule has 5 rings (SSSR count). The van der Waals surface area contributed by atoms with Crippen LogP contribution in [0.15, 0.2) is 82.3 Å². The molecule has 5 aromatic rings. The Morgan fingerprint density at radius 1 is 0.943 bits per heavy atom. The zero-order valence-electron chi connectivity index (χ0n) is 19.1. The fourth-order valence-electron chi connectivity index (χ4n) is 4.05. The number of rotatable bonds is 6. The van der Waals surface area contributed by atoms with E-state index in [1.807, 2.05) is 36.4 Å². The number of furan rings is 1. The van der Waals surface area contributed by atoms with Crippen molar-refractivity contribution in [1.82, 2.24) is 9.97 Å². The quantitative estimate of drug-likeness (QED) is 0.350. The molecule has 0 saturated carbocycles. The van der Waals surface area contributed by atoms with Gasteiger partial charge in [-0.1, -0.05) is 30.3 Å². The minimum atomic E-state index is -3.88. The lowest BCUT2D eigenvalue weighted by atomic mass is 10.0. The van der Waals surface area contributed by atoms with Crippen LogP contribution in [0.5, 0.6) is 0 Å². The predicted octanol–water partition coefficient (Wildman–Crippen LogP) is 4.97. The molecule has 0 atom stereocenters. The molecule has 2 N–H and O–H groups in total. The largest absolute Gasteiger partial charge is 0.464 e. The van der Waals surface area contributed by atoms with E-state index in [-0.39, 0.29) is 23.2 Å².